The number of hydrogen-bond donors (Lipinski definition) is 2. The highest BCUT2D eigenvalue weighted by molar-refractivity contribution is 5.84. The van der Waals surface area contributed by atoms with Gasteiger partial charge in [0, 0.05) is 31.7 Å². The van der Waals surface area contributed by atoms with Crippen molar-refractivity contribution >= 4 is 5.91 Å². The molecule has 1 aliphatic rings. The van der Waals surface area contributed by atoms with Crippen molar-refractivity contribution in [3.63, 3.8) is 0 Å². The molecule has 33 heavy (non-hydrogen) atoms. The number of benzene rings is 2. The summed E-state index contributed by atoms with van der Waals surface area (Å²) in [6.07, 6.45) is 0. The lowest BCUT2D eigenvalue weighted by Gasteiger charge is -2.27. The first-order chi connectivity index (χ1) is 15.8. The maximum Gasteiger partial charge on any atom is 0.439 e. The number of amides is 1. The van der Waals surface area contributed by atoms with E-state index in [1.54, 1.807) is 38.1 Å². The molecule has 3 aromatic rings. The van der Waals surface area contributed by atoms with Crippen LogP contribution in [0.3, 0.4) is 0 Å². The van der Waals surface area contributed by atoms with Gasteiger partial charge in [-0.15, -0.1) is 0 Å². The van der Waals surface area contributed by atoms with Gasteiger partial charge in [0.1, 0.15) is 5.75 Å². The molecule has 1 fully saturated rings. The van der Waals surface area contributed by atoms with E-state index in [1.165, 1.54) is 5.56 Å². The summed E-state index contributed by atoms with van der Waals surface area (Å²) in [5.74, 6) is 0.902. The molecule has 2 N–H and O–H groups in total. The number of aromatic amines is 1. The third-order valence-corrected chi connectivity index (χ3v) is 6.09. The second kappa shape index (κ2) is 9.62. The van der Waals surface area contributed by atoms with Gasteiger partial charge in [0.05, 0.1) is 0 Å². The van der Waals surface area contributed by atoms with E-state index in [2.05, 4.69) is 56.1 Å². The van der Waals surface area contributed by atoms with Gasteiger partial charge in [-0.05, 0) is 43.4 Å². The Balaban J connectivity index is 1.32. The number of nitrogens with zero attached hydrogens (tertiary/aromatic N) is 2. The first kappa shape index (κ1) is 22.8. The maximum atomic E-state index is 12.9. The number of ether oxygens (including phenoxy) is 1. The summed E-state index contributed by atoms with van der Waals surface area (Å²) < 4.78 is 10.6. The van der Waals surface area contributed by atoms with Crippen molar-refractivity contribution in [2.75, 3.05) is 19.6 Å². The molecular formula is C25H30N4O4. The van der Waals surface area contributed by atoms with Crippen molar-refractivity contribution in [2.45, 2.75) is 32.9 Å². The highest BCUT2D eigenvalue weighted by atomic mass is 16.5. The zero-order valence-corrected chi connectivity index (χ0v) is 19.2. The fourth-order valence-electron chi connectivity index (χ4n) is 4.22. The van der Waals surface area contributed by atoms with Crippen LogP contribution in [0.4, 0.5) is 0 Å². The van der Waals surface area contributed by atoms with Gasteiger partial charge in [-0.1, -0.05) is 54.5 Å². The molecule has 0 aliphatic carbocycles. The van der Waals surface area contributed by atoms with Gasteiger partial charge < -0.3 is 10.1 Å². The number of aromatic nitrogens is 2. The minimum absolute atomic E-state index is 0.170. The van der Waals surface area contributed by atoms with E-state index >= 15 is 0 Å². The molecule has 4 rings (SSSR count). The second-order valence-corrected chi connectivity index (χ2v) is 9.21. The molecule has 1 saturated heterocycles. The minimum Gasteiger partial charge on any atom is -0.478 e. The lowest BCUT2D eigenvalue weighted by atomic mass is 9.98. The van der Waals surface area contributed by atoms with Gasteiger partial charge >= 0.3 is 5.76 Å². The van der Waals surface area contributed by atoms with Crippen LogP contribution in [-0.2, 0) is 11.3 Å². The van der Waals surface area contributed by atoms with Crippen LogP contribution in [0, 0.1) is 11.8 Å². The molecule has 0 radical (unpaired) electrons. The fourth-order valence-corrected chi connectivity index (χ4v) is 4.22. The molecule has 174 valence electrons. The van der Waals surface area contributed by atoms with Crippen LogP contribution in [-0.4, -0.2) is 46.2 Å². The third-order valence-electron chi connectivity index (χ3n) is 6.09. The zero-order chi connectivity index (χ0) is 23.4. The summed E-state index contributed by atoms with van der Waals surface area (Å²) in [4.78, 5) is 29.1. The summed E-state index contributed by atoms with van der Waals surface area (Å²) >= 11 is 0. The largest absolute Gasteiger partial charge is 0.478 e. The van der Waals surface area contributed by atoms with Crippen molar-refractivity contribution in [3.8, 4) is 17.1 Å². The normalized spacial score (nSPS) is 18.9. The Hall–Kier alpha value is -3.39. The molecular weight excluding hydrogens is 420 g/mol. The van der Waals surface area contributed by atoms with E-state index < -0.39 is 11.4 Å². The number of carbonyl (C=O) groups is 1. The molecule has 2 atom stereocenters. The van der Waals surface area contributed by atoms with E-state index in [-0.39, 0.29) is 5.91 Å². The van der Waals surface area contributed by atoms with Gasteiger partial charge in [0.25, 0.3) is 5.91 Å². The standard InChI is InChI=1S/C25H30N4O4/c1-17-14-29(15-18-8-5-4-6-9-18)16-20(17)13-26-23(30)25(2,3)32-21-11-7-10-19(12-21)22-27-24(31)33-28-22/h4-12,17,20H,13-16H2,1-3H3,(H,26,30)(H,27,28,31). The number of likely N-dealkylation sites (tertiary alicyclic amines) is 1. The molecule has 8 heteroatoms. The van der Waals surface area contributed by atoms with Crippen LogP contribution in [0.5, 0.6) is 5.75 Å². The number of hydrogen-bond acceptors (Lipinski definition) is 6. The second-order valence-electron chi connectivity index (χ2n) is 9.21. The van der Waals surface area contributed by atoms with Crippen LogP contribution in [0.15, 0.2) is 63.9 Å². The zero-order valence-electron chi connectivity index (χ0n) is 19.2. The van der Waals surface area contributed by atoms with Crippen molar-refractivity contribution in [3.05, 3.63) is 70.7 Å². The van der Waals surface area contributed by atoms with E-state index in [0.717, 1.165) is 19.6 Å². The van der Waals surface area contributed by atoms with Crippen LogP contribution in [0.2, 0.25) is 0 Å². The number of carbonyl (C=O) groups excluding carboxylic acids is 1. The van der Waals surface area contributed by atoms with Crippen molar-refractivity contribution < 1.29 is 14.1 Å². The van der Waals surface area contributed by atoms with E-state index in [4.69, 9.17) is 4.74 Å². The average molecular weight is 451 g/mol. The maximum absolute atomic E-state index is 12.9. The molecule has 0 spiro atoms. The number of H-pyrrole nitrogens is 1. The molecule has 2 heterocycles. The molecule has 2 aromatic carbocycles. The Bertz CT molecular complexity index is 1140. The van der Waals surface area contributed by atoms with Crippen LogP contribution < -0.4 is 15.8 Å². The van der Waals surface area contributed by atoms with Crippen molar-refractivity contribution in [2.24, 2.45) is 11.8 Å². The molecule has 1 aromatic heterocycles. The molecule has 2 unspecified atom stereocenters. The lowest BCUT2D eigenvalue weighted by molar-refractivity contribution is -0.134. The third kappa shape index (κ3) is 5.70. The highest BCUT2D eigenvalue weighted by Gasteiger charge is 2.33. The Kier molecular flexibility index (Phi) is 6.65. The smallest absolute Gasteiger partial charge is 0.439 e. The van der Waals surface area contributed by atoms with E-state index in [0.29, 0.717) is 35.5 Å². The fraction of sp³-hybridized carbons (Fsp3) is 0.400. The van der Waals surface area contributed by atoms with Gasteiger partial charge in [0.15, 0.2) is 11.4 Å². The van der Waals surface area contributed by atoms with E-state index in [1.807, 2.05) is 6.07 Å². The quantitative estimate of drug-likeness (QED) is 0.547. The van der Waals surface area contributed by atoms with Crippen LogP contribution in [0.25, 0.3) is 11.4 Å². The van der Waals surface area contributed by atoms with Gasteiger partial charge in [0.2, 0.25) is 0 Å². The van der Waals surface area contributed by atoms with Gasteiger partial charge in [-0.25, -0.2) is 4.79 Å². The topological polar surface area (TPSA) is 100 Å². The summed E-state index contributed by atoms with van der Waals surface area (Å²) in [6, 6.07) is 17.5. The summed E-state index contributed by atoms with van der Waals surface area (Å²) in [5.41, 5.74) is 0.871. The molecule has 0 bridgehead atoms. The SMILES string of the molecule is CC1CN(Cc2ccccc2)CC1CNC(=O)C(C)(C)Oc1cccc(-c2noc(=O)[nH]2)c1. The molecule has 8 nitrogen and oxygen atoms in total. The Morgan fingerprint density at radius 1 is 1.21 bits per heavy atom. The minimum atomic E-state index is -1.07. The summed E-state index contributed by atoms with van der Waals surface area (Å²) in [5, 5.41) is 6.77. The van der Waals surface area contributed by atoms with Gasteiger partial charge in [-0.3, -0.25) is 19.2 Å². The molecule has 1 amide bonds. The Morgan fingerprint density at radius 3 is 2.73 bits per heavy atom. The van der Waals surface area contributed by atoms with Gasteiger partial charge in [-0.2, -0.15) is 0 Å². The summed E-state index contributed by atoms with van der Waals surface area (Å²) in [6.45, 7) is 9.24. The summed E-state index contributed by atoms with van der Waals surface area (Å²) in [7, 11) is 0. The average Bonchev–Trinajstić information content (AvgIpc) is 3.37. The monoisotopic (exact) mass is 450 g/mol. The predicted octanol–water partition coefficient (Wildman–Crippen LogP) is 3.07. The van der Waals surface area contributed by atoms with Crippen LogP contribution in [0.1, 0.15) is 26.3 Å². The molecule has 0 saturated carbocycles. The number of nitrogens with one attached hydrogen (secondary N) is 2. The Morgan fingerprint density at radius 2 is 2.00 bits per heavy atom. The van der Waals surface area contributed by atoms with Crippen LogP contribution >= 0.6 is 0 Å². The highest BCUT2D eigenvalue weighted by Crippen LogP contribution is 2.26. The van der Waals surface area contributed by atoms with Crippen molar-refractivity contribution in [1.29, 1.82) is 0 Å². The van der Waals surface area contributed by atoms with Crippen molar-refractivity contribution in [1.82, 2.24) is 20.4 Å². The molecule has 1 aliphatic heterocycles. The lowest BCUT2D eigenvalue weighted by Crippen LogP contribution is -2.48. The van der Waals surface area contributed by atoms with E-state index in [9.17, 15) is 9.59 Å². The first-order valence-corrected chi connectivity index (χ1v) is 11.2. The predicted molar refractivity (Wildman–Crippen MR) is 125 cm³/mol. The number of rotatable bonds is 8. The first-order valence-electron chi connectivity index (χ1n) is 11.2. The Labute approximate surface area is 192 Å².